The summed E-state index contributed by atoms with van der Waals surface area (Å²) in [6.45, 7) is 2.63. The van der Waals surface area contributed by atoms with Gasteiger partial charge in [-0.3, -0.25) is 4.99 Å². The average molecular weight is 143 g/mol. The minimum absolute atomic E-state index is 0.136. The zero-order chi connectivity index (χ0) is 7.40. The van der Waals surface area contributed by atoms with E-state index in [1.54, 1.807) is 4.90 Å². The highest BCUT2D eigenvalue weighted by Gasteiger charge is 2.07. The van der Waals surface area contributed by atoms with Crippen molar-refractivity contribution in [3.8, 4) is 0 Å². The normalized spacial score (nSPS) is 21.3. The van der Waals surface area contributed by atoms with E-state index >= 15 is 0 Å². The molecule has 4 nitrogen and oxygen atoms in total. The lowest BCUT2D eigenvalue weighted by Gasteiger charge is -2.32. The maximum Gasteiger partial charge on any atom is 0.0642 e. The number of nitrogens with zero attached hydrogens (tertiary/aromatic N) is 2. The molecule has 0 saturated carbocycles. The molecule has 1 aliphatic rings. The van der Waals surface area contributed by atoms with E-state index < -0.39 is 0 Å². The monoisotopic (exact) mass is 143 g/mol. The van der Waals surface area contributed by atoms with Crippen LogP contribution in [-0.4, -0.2) is 44.3 Å². The van der Waals surface area contributed by atoms with Gasteiger partial charge in [0.25, 0.3) is 0 Å². The molecule has 1 rings (SSSR count). The van der Waals surface area contributed by atoms with E-state index in [0.717, 1.165) is 0 Å². The van der Waals surface area contributed by atoms with Gasteiger partial charge in [-0.1, -0.05) is 0 Å². The predicted molar refractivity (Wildman–Crippen MR) is 35.8 cm³/mol. The van der Waals surface area contributed by atoms with E-state index in [1.807, 2.05) is 0 Å². The molecule has 0 aromatic rings. The summed E-state index contributed by atoms with van der Waals surface area (Å²) in [6.07, 6.45) is 0. The molecule has 0 aromatic heterocycles. The third kappa shape index (κ3) is 1.60. The van der Waals surface area contributed by atoms with Gasteiger partial charge in [-0.05, 0) is 0 Å². The Balaban J connectivity index is 2.39. The van der Waals surface area contributed by atoms with Crippen LogP contribution in [0.4, 0.5) is 0 Å². The average Bonchev–Trinajstić information content (AvgIpc) is 2.05. The van der Waals surface area contributed by atoms with Crippen molar-refractivity contribution in [3.05, 3.63) is 0 Å². The number of ether oxygens (including phenoxy) is 1. The molecule has 0 spiro atoms. The molecule has 0 bridgehead atoms. The third-order valence-electron chi connectivity index (χ3n) is 1.47. The Hall–Kier alpha value is -0.770. The highest BCUT2D eigenvalue weighted by atomic mass is 16.5. The molecule has 1 saturated heterocycles. The first kappa shape index (κ1) is 7.34. The summed E-state index contributed by atoms with van der Waals surface area (Å²) >= 11 is 0. The van der Waals surface area contributed by atoms with Gasteiger partial charge in [0, 0.05) is 26.2 Å². The van der Waals surface area contributed by atoms with Crippen LogP contribution in [0.15, 0.2) is 4.99 Å². The largest absolute Gasteiger partial charge is 0.846 e. The molecule has 10 heavy (non-hydrogen) atoms. The van der Waals surface area contributed by atoms with E-state index in [4.69, 9.17) is 4.74 Å². The summed E-state index contributed by atoms with van der Waals surface area (Å²) in [5.41, 5.74) is 0. The standard InChI is InChI=1S/C6H12N2O2/c1-7-6(9)8-2-4-10-5-3-8/h2-5H2,1H3,(H,7,9)/p-1. The maximum absolute atomic E-state index is 10.9. The second-order valence-corrected chi connectivity index (χ2v) is 2.11. The molecule has 4 heteroatoms. The minimum atomic E-state index is -0.136. The summed E-state index contributed by atoms with van der Waals surface area (Å²) < 4.78 is 5.06. The van der Waals surface area contributed by atoms with Crippen LogP contribution in [0.5, 0.6) is 0 Å². The van der Waals surface area contributed by atoms with Crippen molar-refractivity contribution < 1.29 is 9.84 Å². The van der Waals surface area contributed by atoms with Crippen molar-refractivity contribution in [1.82, 2.24) is 4.90 Å². The van der Waals surface area contributed by atoms with Crippen LogP contribution >= 0.6 is 0 Å². The van der Waals surface area contributed by atoms with Crippen LogP contribution in [0.1, 0.15) is 0 Å². The lowest BCUT2D eigenvalue weighted by molar-refractivity contribution is -0.237. The van der Waals surface area contributed by atoms with Crippen molar-refractivity contribution in [2.24, 2.45) is 4.99 Å². The molecule has 0 amide bonds. The van der Waals surface area contributed by atoms with E-state index in [-0.39, 0.29) is 6.02 Å². The Bertz CT molecular complexity index is 130. The van der Waals surface area contributed by atoms with Gasteiger partial charge in [-0.2, -0.15) is 0 Å². The van der Waals surface area contributed by atoms with E-state index in [0.29, 0.717) is 26.3 Å². The Morgan fingerprint density at radius 1 is 1.50 bits per heavy atom. The third-order valence-corrected chi connectivity index (χ3v) is 1.47. The summed E-state index contributed by atoms with van der Waals surface area (Å²) in [6, 6.07) is -0.136. The minimum Gasteiger partial charge on any atom is -0.846 e. The number of rotatable bonds is 0. The molecule has 0 unspecified atom stereocenters. The van der Waals surface area contributed by atoms with E-state index in [1.165, 1.54) is 7.05 Å². The van der Waals surface area contributed by atoms with Gasteiger partial charge in [0.1, 0.15) is 0 Å². The Morgan fingerprint density at radius 3 is 2.60 bits per heavy atom. The molecular formula is C6H11N2O2-. The fourth-order valence-corrected chi connectivity index (χ4v) is 0.896. The molecule has 0 aliphatic carbocycles. The molecule has 58 valence electrons. The van der Waals surface area contributed by atoms with Crippen molar-refractivity contribution in [2.75, 3.05) is 33.4 Å². The molecular weight excluding hydrogens is 132 g/mol. The smallest absolute Gasteiger partial charge is 0.0642 e. The molecule has 0 N–H and O–H groups in total. The van der Waals surface area contributed by atoms with E-state index in [2.05, 4.69) is 4.99 Å². The van der Waals surface area contributed by atoms with Crippen LogP contribution < -0.4 is 5.11 Å². The molecule has 0 radical (unpaired) electrons. The van der Waals surface area contributed by atoms with Gasteiger partial charge < -0.3 is 14.7 Å². The molecule has 0 aromatic carbocycles. The molecule has 1 fully saturated rings. The first-order chi connectivity index (χ1) is 4.84. The van der Waals surface area contributed by atoms with Gasteiger partial charge >= 0.3 is 0 Å². The summed E-state index contributed by atoms with van der Waals surface area (Å²) in [4.78, 5) is 5.23. The lowest BCUT2D eigenvalue weighted by atomic mass is 10.4. The van der Waals surface area contributed by atoms with Gasteiger partial charge in [0.2, 0.25) is 0 Å². The van der Waals surface area contributed by atoms with Crippen LogP contribution in [0.25, 0.3) is 0 Å². The number of hydrogen-bond donors (Lipinski definition) is 0. The van der Waals surface area contributed by atoms with E-state index in [9.17, 15) is 5.11 Å². The highest BCUT2D eigenvalue weighted by molar-refractivity contribution is 5.68. The summed E-state index contributed by atoms with van der Waals surface area (Å²) in [5, 5.41) is 10.9. The molecule has 1 aliphatic heterocycles. The van der Waals surface area contributed by atoms with Crippen molar-refractivity contribution >= 4 is 6.02 Å². The number of aliphatic imine (C=N–C) groups is 1. The maximum atomic E-state index is 10.9. The summed E-state index contributed by atoms with van der Waals surface area (Å²) in [7, 11) is 1.51. The Morgan fingerprint density at radius 2 is 2.10 bits per heavy atom. The number of morpholine rings is 1. The Labute approximate surface area is 60.1 Å². The van der Waals surface area contributed by atoms with Crippen molar-refractivity contribution in [3.63, 3.8) is 0 Å². The van der Waals surface area contributed by atoms with Crippen LogP contribution in [-0.2, 0) is 4.74 Å². The fraction of sp³-hybridized carbons (Fsp3) is 0.833. The first-order valence-corrected chi connectivity index (χ1v) is 3.31. The SMILES string of the molecule is CN=C([O-])N1CCOCC1. The first-order valence-electron chi connectivity index (χ1n) is 3.31. The number of amidine groups is 1. The zero-order valence-electron chi connectivity index (χ0n) is 6.04. The Kier molecular flexibility index (Phi) is 2.50. The zero-order valence-corrected chi connectivity index (χ0v) is 6.04. The summed E-state index contributed by atoms with van der Waals surface area (Å²) in [5.74, 6) is 0. The van der Waals surface area contributed by atoms with Gasteiger partial charge in [0.05, 0.1) is 13.2 Å². The predicted octanol–water partition coefficient (Wildman–Crippen LogP) is -1.34. The highest BCUT2D eigenvalue weighted by Crippen LogP contribution is 1.94. The second-order valence-electron chi connectivity index (χ2n) is 2.11. The molecule has 1 heterocycles. The van der Waals surface area contributed by atoms with Crippen LogP contribution in [0.2, 0.25) is 0 Å². The van der Waals surface area contributed by atoms with Gasteiger partial charge in [0.15, 0.2) is 0 Å². The molecule has 0 atom stereocenters. The van der Waals surface area contributed by atoms with Crippen LogP contribution in [0, 0.1) is 0 Å². The lowest BCUT2D eigenvalue weighted by Crippen LogP contribution is -2.46. The van der Waals surface area contributed by atoms with Crippen molar-refractivity contribution in [2.45, 2.75) is 0 Å². The van der Waals surface area contributed by atoms with Crippen molar-refractivity contribution in [1.29, 1.82) is 0 Å². The topological polar surface area (TPSA) is 47.9 Å². The van der Waals surface area contributed by atoms with Gasteiger partial charge in [-0.15, -0.1) is 0 Å². The quantitative estimate of drug-likeness (QED) is 0.311. The van der Waals surface area contributed by atoms with Crippen LogP contribution in [0.3, 0.4) is 0 Å². The fourth-order valence-electron chi connectivity index (χ4n) is 0.896. The number of hydrogen-bond acceptors (Lipinski definition) is 3. The van der Waals surface area contributed by atoms with Gasteiger partial charge in [-0.25, -0.2) is 0 Å². The second kappa shape index (κ2) is 3.41.